The summed E-state index contributed by atoms with van der Waals surface area (Å²) in [7, 11) is 0. The highest BCUT2D eigenvalue weighted by Gasteiger charge is 2.17. The number of rotatable bonds is 1. The Labute approximate surface area is 115 Å². The molecule has 0 amide bonds. The van der Waals surface area contributed by atoms with Gasteiger partial charge in [0.05, 0.1) is 36.3 Å². The summed E-state index contributed by atoms with van der Waals surface area (Å²) in [5, 5.41) is 0.495. The Morgan fingerprint density at radius 1 is 1.11 bits per heavy atom. The monoisotopic (exact) mass is 277 g/mol. The average molecular weight is 278 g/mol. The van der Waals surface area contributed by atoms with Gasteiger partial charge < -0.3 is 15.2 Å². The third kappa shape index (κ3) is 2.42. The quantitative estimate of drug-likeness (QED) is 0.867. The zero-order chi connectivity index (χ0) is 13.2. The first-order chi connectivity index (χ1) is 9.24. The minimum Gasteiger partial charge on any atom is -0.489 e. The molecule has 0 aliphatic carbocycles. The van der Waals surface area contributed by atoms with Crippen LogP contribution in [0.2, 0.25) is 5.02 Å². The van der Waals surface area contributed by atoms with Crippen LogP contribution in [0.5, 0.6) is 11.5 Å². The van der Waals surface area contributed by atoms with Crippen LogP contribution in [0.15, 0.2) is 24.5 Å². The molecule has 1 aliphatic heterocycles. The molecule has 0 atom stereocenters. The number of benzene rings is 1. The van der Waals surface area contributed by atoms with Crippen molar-refractivity contribution in [1.82, 2.24) is 9.97 Å². The van der Waals surface area contributed by atoms with Gasteiger partial charge >= 0.3 is 0 Å². The number of halogens is 1. The average Bonchev–Trinajstić information content (AvgIpc) is 2.65. The highest BCUT2D eigenvalue weighted by molar-refractivity contribution is 6.32. The van der Waals surface area contributed by atoms with Gasteiger partial charge in [0.1, 0.15) is 0 Å². The predicted octanol–water partition coefficient (Wildman–Crippen LogP) is 2.54. The molecule has 0 radical (unpaired) electrons. The van der Waals surface area contributed by atoms with Crippen molar-refractivity contribution in [3.05, 3.63) is 29.5 Å². The Morgan fingerprint density at radius 3 is 2.63 bits per heavy atom. The molecule has 1 aromatic heterocycles. The maximum atomic E-state index is 6.22. The van der Waals surface area contributed by atoms with Crippen LogP contribution in [0.25, 0.3) is 11.4 Å². The van der Waals surface area contributed by atoms with E-state index in [9.17, 15) is 0 Å². The molecule has 98 valence electrons. The number of nitrogen functional groups attached to an aromatic ring is 1. The standard InChI is InChI=1S/C13H12ClN3O2/c14-10-4-8(13-16-6-9(15)7-17-13)5-11-12(10)19-3-1-2-18-11/h4-7H,1-3,15H2. The summed E-state index contributed by atoms with van der Waals surface area (Å²) in [5.74, 6) is 1.76. The van der Waals surface area contributed by atoms with E-state index in [2.05, 4.69) is 9.97 Å². The minimum absolute atomic E-state index is 0.495. The number of nitrogens with two attached hydrogens (primary N) is 1. The maximum absolute atomic E-state index is 6.22. The molecule has 19 heavy (non-hydrogen) atoms. The van der Waals surface area contributed by atoms with E-state index in [1.807, 2.05) is 6.07 Å². The van der Waals surface area contributed by atoms with E-state index in [1.165, 1.54) is 0 Å². The SMILES string of the molecule is Nc1cnc(-c2cc(Cl)c3c(c2)OCCCO3)nc1. The van der Waals surface area contributed by atoms with Crippen molar-refractivity contribution in [3.63, 3.8) is 0 Å². The summed E-state index contributed by atoms with van der Waals surface area (Å²) in [6.07, 6.45) is 3.94. The van der Waals surface area contributed by atoms with E-state index in [0.717, 1.165) is 12.0 Å². The van der Waals surface area contributed by atoms with Crippen molar-refractivity contribution >= 4 is 17.3 Å². The van der Waals surface area contributed by atoms with Crippen LogP contribution in [-0.2, 0) is 0 Å². The summed E-state index contributed by atoms with van der Waals surface area (Å²) in [6, 6.07) is 3.60. The third-order valence-electron chi connectivity index (χ3n) is 2.73. The lowest BCUT2D eigenvalue weighted by Crippen LogP contribution is -1.97. The Balaban J connectivity index is 2.06. The molecule has 0 saturated carbocycles. The van der Waals surface area contributed by atoms with Gasteiger partial charge in [-0.1, -0.05) is 11.6 Å². The molecule has 0 saturated heterocycles. The molecule has 5 nitrogen and oxygen atoms in total. The second-order valence-corrected chi connectivity index (χ2v) is 4.58. The largest absolute Gasteiger partial charge is 0.489 e. The van der Waals surface area contributed by atoms with Crippen molar-refractivity contribution in [2.75, 3.05) is 18.9 Å². The molecule has 2 aromatic rings. The van der Waals surface area contributed by atoms with E-state index < -0.39 is 0 Å². The first-order valence-corrected chi connectivity index (χ1v) is 6.29. The van der Waals surface area contributed by atoms with E-state index in [1.54, 1.807) is 18.5 Å². The fourth-order valence-corrected chi connectivity index (χ4v) is 2.11. The number of hydrogen-bond donors (Lipinski definition) is 1. The molecule has 0 spiro atoms. The number of ether oxygens (including phenoxy) is 2. The van der Waals surface area contributed by atoms with E-state index >= 15 is 0 Å². The zero-order valence-corrected chi connectivity index (χ0v) is 10.9. The molecule has 3 rings (SSSR count). The van der Waals surface area contributed by atoms with Crippen LogP contribution in [0.4, 0.5) is 5.69 Å². The summed E-state index contributed by atoms with van der Waals surface area (Å²) in [6.45, 7) is 1.21. The molecule has 1 aromatic carbocycles. The number of anilines is 1. The van der Waals surface area contributed by atoms with Gasteiger partial charge in [0.25, 0.3) is 0 Å². The second kappa shape index (κ2) is 4.93. The summed E-state index contributed by atoms with van der Waals surface area (Å²) in [4.78, 5) is 8.34. The maximum Gasteiger partial charge on any atom is 0.179 e. The van der Waals surface area contributed by atoms with Gasteiger partial charge in [-0.3, -0.25) is 0 Å². The Morgan fingerprint density at radius 2 is 1.84 bits per heavy atom. The van der Waals surface area contributed by atoms with Crippen molar-refractivity contribution in [2.24, 2.45) is 0 Å². The molecule has 2 heterocycles. The summed E-state index contributed by atoms with van der Waals surface area (Å²) < 4.78 is 11.2. The second-order valence-electron chi connectivity index (χ2n) is 4.18. The number of nitrogens with zero attached hydrogens (tertiary/aromatic N) is 2. The zero-order valence-electron chi connectivity index (χ0n) is 10.1. The summed E-state index contributed by atoms with van der Waals surface area (Å²) in [5.41, 5.74) is 6.86. The van der Waals surface area contributed by atoms with Crippen molar-refractivity contribution < 1.29 is 9.47 Å². The first kappa shape index (κ1) is 12.0. The van der Waals surface area contributed by atoms with Gasteiger partial charge in [0, 0.05) is 12.0 Å². The van der Waals surface area contributed by atoms with Gasteiger partial charge in [-0.15, -0.1) is 0 Å². The van der Waals surface area contributed by atoms with Gasteiger partial charge in [0.2, 0.25) is 0 Å². The molecular formula is C13H12ClN3O2. The highest BCUT2D eigenvalue weighted by atomic mass is 35.5. The Kier molecular flexibility index (Phi) is 3.13. The van der Waals surface area contributed by atoms with Crippen molar-refractivity contribution in [3.8, 4) is 22.9 Å². The molecule has 0 bridgehead atoms. The fraction of sp³-hybridized carbons (Fsp3) is 0.231. The number of fused-ring (bicyclic) bond motifs is 1. The molecule has 0 unspecified atom stereocenters. The van der Waals surface area contributed by atoms with Crippen LogP contribution in [-0.4, -0.2) is 23.2 Å². The molecular weight excluding hydrogens is 266 g/mol. The Bertz CT molecular complexity index is 602. The normalized spacial score (nSPS) is 13.9. The fourth-order valence-electron chi connectivity index (χ4n) is 1.85. The minimum atomic E-state index is 0.495. The van der Waals surface area contributed by atoms with Gasteiger partial charge in [-0.25, -0.2) is 9.97 Å². The Hall–Kier alpha value is -2.01. The van der Waals surface area contributed by atoms with E-state index in [-0.39, 0.29) is 0 Å². The van der Waals surface area contributed by atoms with Gasteiger partial charge in [-0.2, -0.15) is 0 Å². The smallest absolute Gasteiger partial charge is 0.179 e. The predicted molar refractivity (Wildman–Crippen MR) is 72.5 cm³/mol. The van der Waals surface area contributed by atoms with E-state index in [4.69, 9.17) is 26.8 Å². The summed E-state index contributed by atoms with van der Waals surface area (Å²) >= 11 is 6.22. The topological polar surface area (TPSA) is 70.3 Å². The van der Waals surface area contributed by atoms with Crippen LogP contribution < -0.4 is 15.2 Å². The molecule has 0 fully saturated rings. The van der Waals surface area contributed by atoms with Crippen LogP contribution >= 0.6 is 11.6 Å². The van der Waals surface area contributed by atoms with Crippen molar-refractivity contribution in [1.29, 1.82) is 0 Å². The molecule has 1 aliphatic rings. The van der Waals surface area contributed by atoms with Gasteiger partial charge in [0.15, 0.2) is 17.3 Å². The first-order valence-electron chi connectivity index (χ1n) is 5.91. The third-order valence-corrected chi connectivity index (χ3v) is 3.01. The van der Waals surface area contributed by atoms with Crippen LogP contribution in [0.3, 0.4) is 0 Å². The lowest BCUT2D eigenvalue weighted by Gasteiger charge is -2.10. The van der Waals surface area contributed by atoms with Crippen LogP contribution in [0.1, 0.15) is 6.42 Å². The van der Waals surface area contributed by atoms with E-state index in [0.29, 0.717) is 41.2 Å². The highest BCUT2D eigenvalue weighted by Crippen LogP contribution is 2.40. The molecule has 2 N–H and O–H groups in total. The number of hydrogen-bond acceptors (Lipinski definition) is 5. The lowest BCUT2D eigenvalue weighted by molar-refractivity contribution is 0.297. The molecule has 6 heteroatoms. The van der Waals surface area contributed by atoms with Crippen LogP contribution in [0, 0.1) is 0 Å². The lowest BCUT2D eigenvalue weighted by atomic mass is 10.2. The van der Waals surface area contributed by atoms with Gasteiger partial charge in [-0.05, 0) is 12.1 Å². The number of aromatic nitrogens is 2. The van der Waals surface area contributed by atoms with Crippen molar-refractivity contribution in [2.45, 2.75) is 6.42 Å².